The average Bonchev–Trinajstić information content (AvgIpc) is 3.34. The number of aryl methyl sites for hydroxylation is 2. The topological polar surface area (TPSA) is 46.4 Å². The fourth-order valence-electron chi connectivity index (χ4n) is 3.22. The molecule has 144 valence electrons. The Morgan fingerprint density at radius 2 is 1.69 bits per heavy atom. The number of hydrogen-bond acceptors (Lipinski definition) is 3. The molecule has 4 nitrogen and oxygen atoms in total. The van der Waals surface area contributed by atoms with E-state index in [1.54, 1.807) is 17.6 Å². The summed E-state index contributed by atoms with van der Waals surface area (Å²) in [6.45, 7) is 4.12. The molecule has 0 aliphatic heterocycles. The number of rotatable bonds is 5. The molecule has 0 saturated heterocycles. The van der Waals surface area contributed by atoms with Gasteiger partial charge < -0.3 is 4.57 Å². The molecule has 0 aliphatic carbocycles. The Labute approximate surface area is 174 Å². The van der Waals surface area contributed by atoms with Crippen LogP contribution in [0.2, 0.25) is 0 Å². The Morgan fingerprint density at radius 3 is 2.38 bits per heavy atom. The van der Waals surface area contributed by atoms with Crippen LogP contribution in [0.25, 0.3) is 16.9 Å². The Morgan fingerprint density at radius 1 is 0.931 bits per heavy atom. The number of aromatic nitrogens is 1. The van der Waals surface area contributed by atoms with Gasteiger partial charge in [-0.05, 0) is 67.9 Å². The first-order valence-electron chi connectivity index (χ1n) is 9.36. The first kappa shape index (κ1) is 18.9. The van der Waals surface area contributed by atoms with Gasteiger partial charge in [-0.1, -0.05) is 30.3 Å². The second-order valence-corrected chi connectivity index (χ2v) is 8.08. The molecule has 0 atom stereocenters. The monoisotopic (exact) mass is 399 g/mol. The van der Waals surface area contributed by atoms with Gasteiger partial charge in [-0.3, -0.25) is 4.79 Å². The van der Waals surface area contributed by atoms with Gasteiger partial charge in [-0.15, -0.1) is 11.3 Å². The third-order valence-corrected chi connectivity index (χ3v) is 5.59. The molecule has 0 unspecified atom stereocenters. The van der Waals surface area contributed by atoms with Crippen molar-refractivity contribution in [2.45, 2.75) is 13.8 Å². The second-order valence-electron chi connectivity index (χ2n) is 6.76. The van der Waals surface area contributed by atoms with E-state index in [1.165, 1.54) is 4.88 Å². The van der Waals surface area contributed by atoms with Crippen molar-refractivity contribution in [3.8, 4) is 16.9 Å². The lowest BCUT2D eigenvalue weighted by atomic mass is 10.1. The number of hydrogen-bond donors (Lipinski definition) is 1. The smallest absolute Gasteiger partial charge is 0.271 e. The summed E-state index contributed by atoms with van der Waals surface area (Å²) in [5.41, 5.74) is 7.58. The molecule has 5 heteroatoms. The van der Waals surface area contributed by atoms with Gasteiger partial charge in [-0.2, -0.15) is 5.10 Å². The van der Waals surface area contributed by atoms with Gasteiger partial charge in [0.15, 0.2) is 0 Å². The van der Waals surface area contributed by atoms with E-state index in [0.29, 0.717) is 5.56 Å². The molecule has 0 saturated carbocycles. The zero-order chi connectivity index (χ0) is 20.2. The van der Waals surface area contributed by atoms with Crippen molar-refractivity contribution in [3.63, 3.8) is 0 Å². The molecule has 2 aromatic heterocycles. The van der Waals surface area contributed by atoms with E-state index in [0.717, 1.165) is 27.5 Å². The molecule has 2 heterocycles. The SMILES string of the molecule is Cc1ccc(/C=N/NC(=O)c2ccc(-n3c(C)ccc3-c3ccccc3)cc2)s1. The largest absolute Gasteiger partial charge is 0.314 e. The van der Waals surface area contributed by atoms with Crippen LogP contribution in [0.4, 0.5) is 0 Å². The molecular weight excluding hydrogens is 378 g/mol. The molecule has 4 rings (SSSR count). The van der Waals surface area contributed by atoms with Gasteiger partial charge in [0, 0.05) is 26.7 Å². The summed E-state index contributed by atoms with van der Waals surface area (Å²) in [6, 6.07) is 26.1. The molecular formula is C24H21N3OS. The Hall–Kier alpha value is -3.44. The third-order valence-electron chi connectivity index (χ3n) is 4.65. The summed E-state index contributed by atoms with van der Waals surface area (Å²) in [7, 11) is 0. The quantitative estimate of drug-likeness (QED) is 0.345. The maximum atomic E-state index is 12.4. The molecule has 0 bridgehead atoms. The van der Waals surface area contributed by atoms with Crippen LogP contribution < -0.4 is 5.43 Å². The highest BCUT2D eigenvalue weighted by Gasteiger charge is 2.10. The minimum Gasteiger partial charge on any atom is -0.314 e. The van der Waals surface area contributed by atoms with Gasteiger partial charge in [0.1, 0.15) is 0 Å². The third kappa shape index (κ3) is 4.20. The van der Waals surface area contributed by atoms with Crippen LogP contribution in [0.3, 0.4) is 0 Å². The van der Waals surface area contributed by atoms with Gasteiger partial charge in [0.05, 0.1) is 11.9 Å². The van der Waals surface area contributed by atoms with E-state index in [-0.39, 0.29) is 5.91 Å². The minimum absolute atomic E-state index is 0.228. The van der Waals surface area contributed by atoms with Crippen LogP contribution in [0.5, 0.6) is 0 Å². The first-order chi connectivity index (χ1) is 14.1. The zero-order valence-corrected chi connectivity index (χ0v) is 17.1. The van der Waals surface area contributed by atoms with Gasteiger partial charge in [0.25, 0.3) is 5.91 Å². The van der Waals surface area contributed by atoms with Crippen molar-refractivity contribution in [2.75, 3.05) is 0 Å². The van der Waals surface area contributed by atoms with Crippen molar-refractivity contribution in [2.24, 2.45) is 5.10 Å². The van der Waals surface area contributed by atoms with Crippen LogP contribution in [0.15, 0.2) is 84.0 Å². The van der Waals surface area contributed by atoms with E-state index < -0.39 is 0 Å². The summed E-state index contributed by atoms with van der Waals surface area (Å²) in [5, 5.41) is 4.05. The van der Waals surface area contributed by atoms with Crippen LogP contribution in [-0.4, -0.2) is 16.7 Å². The maximum absolute atomic E-state index is 12.4. The number of carbonyl (C=O) groups excluding carboxylic acids is 1. The summed E-state index contributed by atoms with van der Waals surface area (Å²) in [4.78, 5) is 14.6. The molecule has 2 aromatic carbocycles. The Balaban J connectivity index is 1.52. The average molecular weight is 400 g/mol. The molecule has 0 spiro atoms. The Bertz CT molecular complexity index is 1150. The first-order valence-corrected chi connectivity index (χ1v) is 10.2. The zero-order valence-electron chi connectivity index (χ0n) is 16.3. The second kappa shape index (κ2) is 8.29. The maximum Gasteiger partial charge on any atom is 0.271 e. The molecule has 4 aromatic rings. The van der Waals surface area contributed by atoms with Crippen LogP contribution >= 0.6 is 11.3 Å². The van der Waals surface area contributed by atoms with Crippen molar-refractivity contribution >= 4 is 23.5 Å². The summed E-state index contributed by atoms with van der Waals surface area (Å²) in [6.07, 6.45) is 1.67. The summed E-state index contributed by atoms with van der Waals surface area (Å²) in [5.74, 6) is -0.228. The van der Waals surface area contributed by atoms with Crippen molar-refractivity contribution in [1.29, 1.82) is 0 Å². The van der Waals surface area contributed by atoms with Gasteiger partial charge >= 0.3 is 0 Å². The molecule has 0 radical (unpaired) electrons. The number of nitrogens with zero attached hydrogens (tertiary/aromatic N) is 2. The van der Waals surface area contributed by atoms with Crippen molar-refractivity contribution in [1.82, 2.24) is 9.99 Å². The number of hydrazone groups is 1. The van der Waals surface area contributed by atoms with E-state index in [1.807, 2.05) is 61.5 Å². The fraction of sp³-hybridized carbons (Fsp3) is 0.0833. The van der Waals surface area contributed by atoms with E-state index >= 15 is 0 Å². The number of nitrogens with one attached hydrogen (secondary N) is 1. The fourth-order valence-corrected chi connectivity index (χ4v) is 3.97. The molecule has 1 amide bonds. The minimum atomic E-state index is -0.228. The number of amides is 1. The molecule has 0 aliphatic rings. The lowest BCUT2D eigenvalue weighted by Crippen LogP contribution is -2.17. The number of benzene rings is 2. The van der Waals surface area contributed by atoms with Gasteiger partial charge in [-0.25, -0.2) is 5.43 Å². The Kier molecular flexibility index (Phi) is 5.40. The van der Waals surface area contributed by atoms with Crippen molar-refractivity contribution in [3.05, 3.63) is 99.9 Å². The number of thiophene rings is 1. The summed E-state index contributed by atoms with van der Waals surface area (Å²) < 4.78 is 2.19. The standard InChI is InChI=1S/C24H21N3OS/c1-17-8-15-23(19-6-4-3-5-7-19)27(17)21-12-10-20(11-13-21)24(28)26-25-16-22-14-9-18(2)29-22/h3-16H,1-2H3,(H,26,28)/b25-16+. The molecule has 0 fully saturated rings. The van der Waals surface area contributed by atoms with E-state index in [2.05, 4.69) is 46.3 Å². The molecule has 29 heavy (non-hydrogen) atoms. The van der Waals surface area contributed by atoms with Gasteiger partial charge in [0.2, 0.25) is 0 Å². The number of carbonyl (C=O) groups is 1. The summed E-state index contributed by atoms with van der Waals surface area (Å²) >= 11 is 1.63. The van der Waals surface area contributed by atoms with Crippen LogP contribution in [0, 0.1) is 13.8 Å². The van der Waals surface area contributed by atoms with Crippen LogP contribution in [-0.2, 0) is 0 Å². The highest BCUT2D eigenvalue weighted by molar-refractivity contribution is 7.13. The highest BCUT2D eigenvalue weighted by atomic mass is 32.1. The predicted molar refractivity (Wildman–Crippen MR) is 120 cm³/mol. The van der Waals surface area contributed by atoms with E-state index in [4.69, 9.17) is 0 Å². The predicted octanol–water partition coefficient (Wildman–Crippen LogP) is 5.59. The lowest BCUT2D eigenvalue weighted by Gasteiger charge is -2.12. The van der Waals surface area contributed by atoms with Crippen LogP contribution in [0.1, 0.15) is 25.8 Å². The van der Waals surface area contributed by atoms with E-state index in [9.17, 15) is 4.79 Å². The normalized spacial score (nSPS) is 11.1. The molecule has 1 N–H and O–H groups in total. The lowest BCUT2D eigenvalue weighted by molar-refractivity contribution is 0.0955. The van der Waals surface area contributed by atoms with Crippen molar-refractivity contribution < 1.29 is 4.79 Å². The highest BCUT2D eigenvalue weighted by Crippen LogP contribution is 2.26.